The number of nitrogens with one attached hydrogen (secondary N) is 2. The number of rotatable bonds is 6. The van der Waals surface area contributed by atoms with Gasteiger partial charge in [0.05, 0.1) is 38.6 Å². The first-order valence-electron chi connectivity index (χ1n) is 8.17. The van der Waals surface area contributed by atoms with Crippen LogP contribution >= 0.6 is 0 Å². The molecule has 0 saturated carbocycles. The van der Waals surface area contributed by atoms with Crippen molar-refractivity contribution in [1.82, 2.24) is 20.1 Å². The van der Waals surface area contributed by atoms with E-state index < -0.39 is 0 Å². The number of hydrogen-bond donors (Lipinski definition) is 2. The molecule has 0 bridgehead atoms. The third kappa shape index (κ3) is 3.71. The van der Waals surface area contributed by atoms with Crippen LogP contribution in [0.5, 0.6) is 17.2 Å². The second-order valence-electron chi connectivity index (χ2n) is 5.71. The van der Waals surface area contributed by atoms with Crippen LogP contribution in [0.25, 0.3) is 11.0 Å². The maximum atomic E-state index is 12.3. The van der Waals surface area contributed by atoms with E-state index in [1.165, 1.54) is 0 Å². The minimum atomic E-state index is -0.347. The van der Waals surface area contributed by atoms with Crippen LogP contribution in [0.3, 0.4) is 0 Å². The molecule has 142 valence electrons. The number of ether oxygens (including phenoxy) is 3. The Kier molecular flexibility index (Phi) is 5.30. The van der Waals surface area contributed by atoms with Gasteiger partial charge in [-0.3, -0.25) is 4.68 Å². The lowest BCUT2D eigenvalue weighted by molar-refractivity contribution is 0.251. The van der Waals surface area contributed by atoms with E-state index >= 15 is 0 Å². The van der Waals surface area contributed by atoms with Gasteiger partial charge >= 0.3 is 6.03 Å². The van der Waals surface area contributed by atoms with Crippen LogP contribution in [0, 0.1) is 0 Å². The molecule has 3 aromatic rings. The number of pyridine rings is 1. The van der Waals surface area contributed by atoms with Gasteiger partial charge in [0.15, 0.2) is 17.1 Å². The molecule has 2 heterocycles. The van der Waals surface area contributed by atoms with Crippen molar-refractivity contribution in [2.45, 2.75) is 6.54 Å². The Balaban J connectivity index is 1.72. The molecule has 0 saturated heterocycles. The van der Waals surface area contributed by atoms with Gasteiger partial charge in [-0.25, -0.2) is 9.78 Å². The number of hydrogen-bond acceptors (Lipinski definition) is 6. The molecule has 2 amide bonds. The minimum absolute atomic E-state index is 0.282. The lowest BCUT2D eigenvalue weighted by Gasteiger charge is -2.14. The van der Waals surface area contributed by atoms with Crippen LogP contribution < -0.4 is 24.8 Å². The van der Waals surface area contributed by atoms with Gasteiger partial charge in [-0.15, -0.1) is 0 Å². The Bertz CT molecular complexity index is 945. The third-order valence-corrected chi connectivity index (χ3v) is 4.06. The van der Waals surface area contributed by atoms with E-state index in [1.54, 1.807) is 63.7 Å². The summed E-state index contributed by atoms with van der Waals surface area (Å²) in [6.07, 6.45) is 3.29. The molecule has 27 heavy (non-hydrogen) atoms. The van der Waals surface area contributed by atoms with Crippen LogP contribution in [-0.2, 0) is 13.6 Å². The summed E-state index contributed by atoms with van der Waals surface area (Å²) >= 11 is 0. The zero-order valence-corrected chi connectivity index (χ0v) is 15.6. The van der Waals surface area contributed by atoms with Crippen molar-refractivity contribution in [1.29, 1.82) is 0 Å². The lowest BCUT2D eigenvalue weighted by atomic mass is 10.2. The first-order valence-corrected chi connectivity index (χ1v) is 8.17. The number of fused-ring (bicyclic) bond motifs is 1. The SMILES string of the molecule is COc1cc(CNC(=O)Nc2ccnc3c2cnn3C)cc(OC)c1OC. The van der Waals surface area contributed by atoms with Gasteiger partial charge in [0.25, 0.3) is 0 Å². The zero-order valence-electron chi connectivity index (χ0n) is 15.6. The highest BCUT2D eigenvalue weighted by molar-refractivity contribution is 5.99. The molecule has 0 atom stereocenters. The van der Waals surface area contributed by atoms with Gasteiger partial charge in [0.1, 0.15) is 0 Å². The highest BCUT2D eigenvalue weighted by atomic mass is 16.5. The quantitative estimate of drug-likeness (QED) is 0.690. The summed E-state index contributed by atoms with van der Waals surface area (Å²) in [5.41, 5.74) is 2.13. The number of carbonyl (C=O) groups excluding carboxylic acids is 1. The second kappa shape index (κ2) is 7.81. The number of methoxy groups -OCH3 is 3. The maximum absolute atomic E-state index is 12.3. The van der Waals surface area contributed by atoms with Crippen LogP contribution in [-0.4, -0.2) is 42.1 Å². The standard InChI is InChI=1S/C18H21N5O4/c1-23-17-12(10-21-23)13(5-6-19-17)22-18(24)20-9-11-7-14(25-2)16(27-4)15(8-11)26-3/h5-8,10H,9H2,1-4H3,(H2,19,20,22,24). The number of amides is 2. The van der Waals surface area contributed by atoms with E-state index in [4.69, 9.17) is 14.2 Å². The summed E-state index contributed by atoms with van der Waals surface area (Å²) in [6.45, 7) is 0.282. The molecular formula is C18H21N5O4. The van der Waals surface area contributed by atoms with Crippen molar-refractivity contribution in [2.75, 3.05) is 26.6 Å². The average Bonchev–Trinajstić information content (AvgIpc) is 3.07. The summed E-state index contributed by atoms with van der Waals surface area (Å²) in [4.78, 5) is 16.6. The molecule has 0 aliphatic rings. The number of carbonyl (C=O) groups is 1. The molecule has 9 heteroatoms. The van der Waals surface area contributed by atoms with Gasteiger partial charge in [-0.05, 0) is 23.8 Å². The molecule has 0 radical (unpaired) electrons. The largest absolute Gasteiger partial charge is 0.493 e. The molecule has 3 rings (SSSR count). The molecule has 0 unspecified atom stereocenters. The Labute approximate surface area is 156 Å². The lowest BCUT2D eigenvalue weighted by Crippen LogP contribution is -2.28. The second-order valence-corrected chi connectivity index (χ2v) is 5.71. The molecule has 2 aromatic heterocycles. The fraction of sp³-hybridized carbons (Fsp3) is 0.278. The van der Waals surface area contributed by atoms with Gasteiger partial charge in [0.2, 0.25) is 5.75 Å². The Morgan fingerprint density at radius 3 is 2.48 bits per heavy atom. The summed E-state index contributed by atoms with van der Waals surface area (Å²) in [7, 11) is 6.43. The summed E-state index contributed by atoms with van der Waals surface area (Å²) in [5, 5.41) is 10.5. The number of nitrogens with zero attached hydrogens (tertiary/aromatic N) is 3. The van der Waals surface area contributed by atoms with Crippen molar-refractivity contribution in [3.63, 3.8) is 0 Å². The Morgan fingerprint density at radius 2 is 1.85 bits per heavy atom. The number of aryl methyl sites for hydroxylation is 1. The van der Waals surface area contributed by atoms with Crippen LogP contribution in [0.15, 0.2) is 30.6 Å². The molecular weight excluding hydrogens is 350 g/mol. The predicted octanol–water partition coefficient (Wildman–Crippen LogP) is 2.32. The molecule has 0 aliphatic carbocycles. The van der Waals surface area contributed by atoms with E-state index in [-0.39, 0.29) is 12.6 Å². The third-order valence-electron chi connectivity index (χ3n) is 4.06. The fourth-order valence-electron chi connectivity index (χ4n) is 2.74. The molecule has 0 spiro atoms. The topological polar surface area (TPSA) is 99.5 Å². The smallest absolute Gasteiger partial charge is 0.319 e. The van der Waals surface area contributed by atoms with E-state index in [1.807, 2.05) is 0 Å². The monoisotopic (exact) mass is 371 g/mol. The number of benzene rings is 1. The maximum Gasteiger partial charge on any atom is 0.319 e. The summed E-state index contributed by atoms with van der Waals surface area (Å²) < 4.78 is 17.6. The predicted molar refractivity (Wildman–Crippen MR) is 100 cm³/mol. The molecule has 2 N–H and O–H groups in total. The molecule has 9 nitrogen and oxygen atoms in total. The highest BCUT2D eigenvalue weighted by Crippen LogP contribution is 2.38. The zero-order chi connectivity index (χ0) is 19.4. The number of anilines is 1. The first-order chi connectivity index (χ1) is 13.1. The number of urea groups is 1. The van der Waals surface area contributed by atoms with E-state index in [0.29, 0.717) is 28.6 Å². The molecule has 1 aromatic carbocycles. The molecule has 0 aliphatic heterocycles. The van der Waals surface area contributed by atoms with Crippen molar-refractivity contribution in [3.8, 4) is 17.2 Å². The Hall–Kier alpha value is -3.49. The van der Waals surface area contributed by atoms with E-state index in [2.05, 4.69) is 20.7 Å². The van der Waals surface area contributed by atoms with Crippen molar-refractivity contribution >= 4 is 22.8 Å². The minimum Gasteiger partial charge on any atom is -0.493 e. The van der Waals surface area contributed by atoms with E-state index in [9.17, 15) is 4.79 Å². The van der Waals surface area contributed by atoms with Gasteiger partial charge in [-0.2, -0.15) is 5.10 Å². The van der Waals surface area contributed by atoms with Crippen molar-refractivity contribution < 1.29 is 19.0 Å². The van der Waals surface area contributed by atoms with Crippen molar-refractivity contribution in [2.24, 2.45) is 7.05 Å². The van der Waals surface area contributed by atoms with E-state index in [0.717, 1.165) is 10.9 Å². The summed E-state index contributed by atoms with van der Waals surface area (Å²) in [6, 6.07) is 4.95. The Morgan fingerprint density at radius 1 is 1.15 bits per heavy atom. The van der Waals surface area contributed by atoms with Gasteiger partial charge in [0, 0.05) is 19.8 Å². The van der Waals surface area contributed by atoms with Crippen molar-refractivity contribution in [3.05, 3.63) is 36.2 Å². The summed E-state index contributed by atoms with van der Waals surface area (Å²) in [5.74, 6) is 1.56. The van der Waals surface area contributed by atoms with Crippen LogP contribution in [0.4, 0.5) is 10.5 Å². The van der Waals surface area contributed by atoms with Gasteiger partial charge in [-0.1, -0.05) is 0 Å². The number of aromatic nitrogens is 3. The molecule has 0 fully saturated rings. The van der Waals surface area contributed by atoms with Crippen LogP contribution in [0.1, 0.15) is 5.56 Å². The van der Waals surface area contributed by atoms with Gasteiger partial charge < -0.3 is 24.8 Å². The van der Waals surface area contributed by atoms with Crippen LogP contribution in [0.2, 0.25) is 0 Å². The average molecular weight is 371 g/mol. The highest BCUT2D eigenvalue weighted by Gasteiger charge is 2.14. The fourth-order valence-corrected chi connectivity index (χ4v) is 2.74. The first kappa shape index (κ1) is 18.3. The normalized spacial score (nSPS) is 10.5.